The quantitative estimate of drug-likeness (QED) is 0.618. The Bertz CT molecular complexity index is 830. The van der Waals surface area contributed by atoms with Crippen LogP contribution in [-0.2, 0) is 14.3 Å². The van der Waals surface area contributed by atoms with Gasteiger partial charge in [-0.25, -0.2) is 0 Å². The van der Waals surface area contributed by atoms with Gasteiger partial charge in [-0.2, -0.15) is 0 Å². The van der Waals surface area contributed by atoms with Crippen molar-refractivity contribution in [2.75, 3.05) is 0 Å². The van der Waals surface area contributed by atoms with E-state index in [0.29, 0.717) is 0 Å². The summed E-state index contributed by atoms with van der Waals surface area (Å²) in [6, 6.07) is 30.5. The molecule has 0 heterocycles. The lowest BCUT2D eigenvalue weighted by molar-refractivity contribution is -0.128. The van der Waals surface area contributed by atoms with Gasteiger partial charge in [0.1, 0.15) is 0 Å². The van der Waals surface area contributed by atoms with Crippen LogP contribution >= 0.6 is 11.8 Å². The van der Waals surface area contributed by atoms with Gasteiger partial charge in [0.2, 0.25) is 11.8 Å². The summed E-state index contributed by atoms with van der Waals surface area (Å²) in [6.45, 7) is 3.20. The van der Waals surface area contributed by atoms with Gasteiger partial charge in [-0.3, -0.25) is 14.9 Å². The van der Waals surface area contributed by atoms with E-state index in [1.165, 1.54) is 18.7 Å². The summed E-state index contributed by atoms with van der Waals surface area (Å²) in [6.07, 6.45) is 0. The van der Waals surface area contributed by atoms with E-state index in [-0.39, 0.29) is 11.8 Å². The zero-order chi connectivity index (χ0) is 20.0. The Morgan fingerprint density at radius 2 is 1.11 bits per heavy atom. The maximum atomic E-state index is 12.6. The fourth-order valence-corrected chi connectivity index (χ4v) is 4.83. The molecule has 1 atom stereocenters. The van der Waals surface area contributed by atoms with E-state index in [0.717, 1.165) is 16.7 Å². The second-order valence-electron chi connectivity index (χ2n) is 6.58. The van der Waals surface area contributed by atoms with Gasteiger partial charge >= 0.3 is 0 Å². The first-order chi connectivity index (χ1) is 13.5. The topological polar surface area (TPSA) is 46.2 Å². The Hall–Kier alpha value is -2.85. The fraction of sp³-hybridized carbons (Fsp3) is 0.167. The highest BCUT2D eigenvalue weighted by molar-refractivity contribution is 8.01. The van der Waals surface area contributed by atoms with Crippen molar-refractivity contribution in [2.24, 2.45) is 0 Å². The van der Waals surface area contributed by atoms with Crippen LogP contribution in [0.15, 0.2) is 91.0 Å². The van der Waals surface area contributed by atoms with Crippen molar-refractivity contribution < 1.29 is 9.59 Å². The normalized spacial score (nSPS) is 12.2. The van der Waals surface area contributed by atoms with Crippen LogP contribution in [-0.4, -0.2) is 17.1 Å². The van der Waals surface area contributed by atoms with Crippen molar-refractivity contribution in [3.8, 4) is 0 Å². The molecule has 28 heavy (non-hydrogen) atoms. The molecular weight excluding hydrogens is 366 g/mol. The number of nitrogens with one attached hydrogen (secondary N) is 1. The zero-order valence-corrected chi connectivity index (χ0v) is 16.8. The lowest BCUT2D eigenvalue weighted by atomic mass is 9.84. The van der Waals surface area contributed by atoms with Crippen LogP contribution in [0.25, 0.3) is 0 Å². The van der Waals surface area contributed by atoms with Crippen LogP contribution in [0.3, 0.4) is 0 Å². The van der Waals surface area contributed by atoms with Crippen LogP contribution in [0.5, 0.6) is 0 Å². The monoisotopic (exact) mass is 389 g/mol. The molecule has 0 radical (unpaired) electrons. The second kappa shape index (κ2) is 8.89. The Labute approximate surface area is 170 Å². The van der Waals surface area contributed by atoms with Crippen molar-refractivity contribution in [3.05, 3.63) is 108 Å². The largest absolute Gasteiger partial charge is 0.296 e. The van der Waals surface area contributed by atoms with Gasteiger partial charge in [-0.05, 0) is 23.6 Å². The summed E-state index contributed by atoms with van der Waals surface area (Å²) < 4.78 is -0.586. The average Bonchev–Trinajstić information content (AvgIpc) is 2.73. The molecule has 0 fully saturated rings. The van der Waals surface area contributed by atoms with Gasteiger partial charge in [0.05, 0.1) is 10.00 Å². The SMILES string of the molecule is CC(=O)NC(=O)C(C)SC(c1ccccc1)(c1ccccc1)c1ccccc1. The van der Waals surface area contributed by atoms with E-state index in [9.17, 15) is 9.59 Å². The third kappa shape index (κ3) is 4.18. The minimum absolute atomic E-state index is 0.287. The Morgan fingerprint density at radius 1 is 0.750 bits per heavy atom. The van der Waals surface area contributed by atoms with E-state index in [4.69, 9.17) is 0 Å². The van der Waals surface area contributed by atoms with Crippen molar-refractivity contribution in [1.82, 2.24) is 5.32 Å². The minimum atomic E-state index is -0.586. The molecule has 0 aromatic heterocycles. The average molecular weight is 390 g/mol. The second-order valence-corrected chi connectivity index (χ2v) is 8.14. The number of amides is 2. The van der Waals surface area contributed by atoms with Crippen molar-refractivity contribution in [1.29, 1.82) is 0 Å². The number of benzene rings is 3. The van der Waals surface area contributed by atoms with Gasteiger partial charge in [0.15, 0.2) is 0 Å². The molecule has 0 saturated heterocycles. The summed E-state index contributed by atoms with van der Waals surface area (Å²) in [5.74, 6) is -0.633. The first kappa shape index (κ1) is 19.9. The zero-order valence-electron chi connectivity index (χ0n) is 16.0. The highest BCUT2D eigenvalue weighted by Gasteiger charge is 2.39. The number of carbonyl (C=O) groups excluding carboxylic acids is 2. The molecule has 0 saturated carbocycles. The van der Waals surface area contributed by atoms with Gasteiger partial charge in [0.25, 0.3) is 0 Å². The maximum Gasteiger partial charge on any atom is 0.239 e. The van der Waals surface area contributed by atoms with Crippen LogP contribution in [0.1, 0.15) is 30.5 Å². The molecule has 2 amide bonds. The van der Waals surface area contributed by atoms with Crippen LogP contribution in [0.2, 0.25) is 0 Å². The fourth-order valence-electron chi connectivity index (χ4n) is 3.32. The number of hydrogen-bond donors (Lipinski definition) is 1. The molecule has 0 spiro atoms. The van der Waals surface area contributed by atoms with Crippen molar-refractivity contribution in [3.63, 3.8) is 0 Å². The van der Waals surface area contributed by atoms with E-state index >= 15 is 0 Å². The molecule has 142 valence electrons. The molecule has 3 aromatic rings. The molecule has 0 aliphatic rings. The summed E-state index contributed by atoms with van der Waals surface area (Å²) in [4.78, 5) is 24.0. The molecule has 3 aromatic carbocycles. The number of imide groups is 1. The number of carbonyl (C=O) groups is 2. The summed E-state index contributed by atoms with van der Waals surface area (Å²) in [7, 11) is 0. The molecule has 1 N–H and O–H groups in total. The number of rotatable bonds is 6. The first-order valence-corrected chi connectivity index (χ1v) is 10.1. The van der Waals surface area contributed by atoms with E-state index < -0.39 is 10.00 Å². The Morgan fingerprint density at radius 3 is 1.43 bits per heavy atom. The smallest absolute Gasteiger partial charge is 0.239 e. The van der Waals surface area contributed by atoms with Crippen LogP contribution < -0.4 is 5.32 Å². The Kier molecular flexibility index (Phi) is 6.32. The minimum Gasteiger partial charge on any atom is -0.296 e. The highest BCUT2D eigenvalue weighted by atomic mass is 32.2. The standard InChI is InChI=1S/C24H23NO2S/c1-18(23(27)25-19(2)26)28-24(20-12-6-3-7-13-20,21-14-8-4-9-15-21)22-16-10-5-11-17-22/h3-18H,1-2H3,(H,25,26,27). The lowest BCUT2D eigenvalue weighted by Crippen LogP contribution is -2.38. The first-order valence-electron chi connectivity index (χ1n) is 9.20. The van der Waals surface area contributed by atoms with E-state index in [1.54, 1.807) is 0 Å². The predicted molar refractivity (Wildman–Crippen MR) is 115 cm³/mol. The van der Waals surface area contributed by atoms with Crippen molar-refractivity contribution >= 4 is 23.6 Å². The molecule has 4 heteroatoms. The highest BCUT2D eigenvalue weighted by Crippen LogP contribution is 2.50. The van der Waals surface area contributed by atoms with Gasteiger partial charge in [-0.1, -0.05) is 91.0 Å². The summed E-state index contributed by atoms with van der Waals surface area (Å²) >= 11 is 1.54. The van der Waals surface area contributed by atoms with Gasteiger partial charge < -0.3 is 0 Å². The lowest BCUT2D eigenvalue weighted by Gasteiger charge is -2.37. The molecule has 0 aliphatic carbocycles. The summed E-state index contributed by atoms with van der Waals surface area (Å²) in [5.41, 5.74) is 3.25. The molecule has 1 unspecified atom stereocenters. The molecule has 0 aliphatic heterocycles. The molecule has 3 rings (SSSR count). The van der Waals surface area contributed by atoms with Crippen LogP contribution in [0, 0.1) is 0 Å². The van der Waals surface area contributed by atoms with Crippen LogP contribution in [0.4, 0.5) is 0 Å². The Balaban J connectivity index is 2.19. The third-order valence-corrected chi connectivity index (χ3v) is 6.19. The van der Waals surface area contributed by atoms with E-state index in [2.05, 4.69) is 41.7 Å². The summed E-state index contributed by atoms with van der Waals surface area (Å²) in [5, 5.41) is 1.98. The predicted octanol–water partition coefficient (Wildman–Crippen LogP) is 4.76. The third-order valence-electron chi connectivity index (χ3n) is 4.56. The van der Waals surface area contributed by atoms with Crippen molar-refractivity contribution in [2.45, 2.75) is 23.8 Å². The number of hydrogen-bond acceptors (Lipinski definition) is 3. The molecular formula is C24H23NO2S. The number of thioether (sulfide) groups is 1. The van der Waals surface area contributed by atoms with E-state index in [1.807, 2.05) is 61.5 Å². The maximum absolute atomic E-state index is 12.6. The molecule has 0 bridgehead atoms. The van der Waals surface area contributed by atoms with Gasteiger partial charge in [-0.15, -0.1) is 11.8 Å². The molecule has 3 nitrogen and oxygen atoms in total. The van der Waals surface area contributed by atoms with Gasteiger partial charge in [0, 0.05) is 6.92 Å².